The highest BCUT2D eigenvalue weighted by atomic mass is 14.9. The summed E-state index contributed by atoms with van der Waals surface area (Å²) in [6.45, 7) is 8.95. The first kappa shape index (κ1) is 8.82. The monoisotopic (exact) mass is 178 g/mol. The zero-order valence-corrected chi connectivity index (χ0v) is 8.70. The first-order valence-electron chi connectivity index (χ1n) is 4.99. The van der Waals surface area contributed by atoms with Crippen molar-refractivity contribution < 1.29 is 0 Å². The molecule has 2 N–H and O–H groups in total. The number of H-pyrrole nitrogens is 1. The van der Waals surface area contributed by atoms with E-state index < -0.39 is 0 Å². The molecule has 1 aromatic heterocycles. The van der Waals surface area contributed by atoms with Gasteiger partial charge in [-0.25, -0.2) is 0 Å². The molecule has 1 aliphatic heterocycles. The maximum Gasteiger partial charge on any atom is 0.0226 e. The molecule has 0 saturated heterocycles. The number of fused-ring (bicyclic) bond motifs is 1. The van der Waals surface area contributed by atoms with Crippen LogP contribution in [0.2, 0.25) is 0 Å². The van der Waals surface area contributed by atoms with Gasteiger partial charge in [0, 0.05) is 31.4 Å². The molecule has 0 fully saturated rings. The molecule has 0 atom stereocenters. The lowest BCUT2D eigenvalue weighted by Crippen LogP contribution is -2.25. The molecule has 2 heterocycles. The maximum atomic E-state index is 3.42. The molecule has 2 heteroatoms. The second-order valence-corrected chi connectivity index (χ2v) is 4.84. The van der Waals surface area contributed by atoms with E-state index >= 15 is 0 Å². The van der Waals surface area contributed by atoms with Crippen molar-refractivity contribution in [3.05, 3.63) is 23.0 Å². The van der Waals surface area contributed by atoms with E-state index in [9.17, 15) is 0 Å². The number of aromatic amines is 1. The van der Waals surface area contributed by atoms with E-state index in [1.807, 2.05) is 0 Å². The molecule has 0 spiro atoms. The molecular weight excluding hydrogens is 160 g/mol. The van der Waals surface area contributed by atoms with Gasteiger partial charge in [-0.1, -0.05) is 20.8 Å². The van der Waals surface area contributed by atoms with E-state index in [1.165, 1.54) is 16.8 Å². The average Bonchev–Trinajstić information content (AvgIpc) is 2.45. The molecular formula is C11H18N2. The zero-order chi connectivity index (χ0) is 9.47. The van der Waals surface area contributed by atoms with Crippen molar-refractivity contribution in [2.45, 2.75) is 39.2 Å². The highest BCUT2D eigenvalue weighted by Crippen LogP contribution is 2.29. The van der Waals surface area contributed by atoms with Gasteiger partial charge in [0.05, 0.1) is 0 Å². The molecule has 2 rings (SSSR count). The third-order valence-corrected chi connectivity index (χ3v) is 2.74. The van der Waals surface area contributed by atoms with Gasteiger partial charge in [-0.2, -0.15) is 0 Å². The van der Waals surface area contributed by atoms with Crippen molar-refractivity contribution in [2.75, 3.05) is 6.54 Å². The topological polar surface area (TPSA) is 27.8 Å². The van der Waals surface area contributed by atoms with Crippen LogP contribution in [-0.4, -0.2) is 11.5 Å². The lowest BCUT2D eigenvalue weighted by molar-refractivity contribution is 0.566. The first-order chi connectivity index (χ1) is 6.09. The summed E-state index contributed by atoms with van der Waals surface area (Å²) in [5, 5.41) is 3.42. The maximum absolute atomic E-state index is 3.42. The quantitative estimate of drug-likeness (QED) is 0.624. The van der Waals surface area contributed by atoms with Crippen LogP contribution in [0.25, 0.3) is 0 Å². The van der Waals surface area contributed by atoms with Crippen LogP contribution in [0.3, 0.4) is 0 Å². The number of hydrogen-bond acceptors (Lipinski definition) is 1. The number of rotatable bonds is 0. The van der Waals surface area contributed by atoms with Crippen LogP contribution in [0.15, 0.2) is 6.20 Å². The van der Waals surface area contributed by atoms with Gasteiger partial charge in [-0.3, -0.25) is 0 Å². The van der Waals surface area contributed by atoms with E-state index in [0.717, 1.165) is 19.5 Å². The van der Waals surface area contributed by atoms with E-state index in [4.69, 9.17) is 0 Å². The first-order valence-corrected chi connectivity index (χ1v) is 4.99. The summed E-state index contributed by atoms with van der Waals surface area (Å²) < 4.78 is 0. The molecule has 72 valence electrons. The summed E-state index contributed by atoms with van der Waals surface area (Å²) in [6, 6.07) is 0. The molecule has 0 saturated carbocycles. The third-order valence-electron chi connectivity index (χ3n) is 2.74. The van der Waals surface area contributed by atoms with Crippen LogP contribution in [0.4, 0.5) is 0 Å². The summed E-state index contributed by atoms with van der Waals surface area (Å²) in [4.78, 5) is 3.39. The van der Waals surface area contributed by atoms with Crippen LogP contribution in [0.5, 0.6) is 0 Å². The summed E-state index contributed by atoms with van der Waals surface area (Å²) in [5.74, 6) is 0. The van der Waals surface area contributed by atoms with E-state index in [1.54, 1.807) is 0 Å². The minimum absolute atomic E-state index is 0.267. The Labute approximate surface area is 79.7 Å². The van der Waals surface area contributed by atoms with Crippen LogP contribution >= 0.6 is 0 Å². The Morgan fingerprint density at radius 1 is 1.31 bits per heavy atom. The minimum Gasteiger partial charge on any atom is -0.364 e. The Morgan fingerprint density at radius 2 is 2.08 bits per heavy atom. The van der Waals surface area contributed by atoms with Gasteiger partial charge in [0.15, 0.2) is 0 Å². The number of nitrogens with one attached hydrogen (secondary N) is 2. The van der Waals surface area contributed by atoms with Gasteiger partial charge >= 0.3 is 0 Å². The Hall–Kier alpha value is -0.760. The average molecular weight is 178 g/mol. The molecule has 0 unspecified atom stereocenters. The highest BCUT2D eigenvalue weighted by molar-refractivity contribution is 5.37. The normalized spacial score (nSPS) is 17.2. The molecule has 0 bridgehead atoms. The second kappa shape index (κ2) is 2.88. The Morgan fingerprint density at radius 3 is 2.77 bits per heavy atom. The van der Waals surface area contributed by atoms with Crippen molar-refractivity contribution in [1.29, 1.82) is 0 Å². The van der Waals surface area contributed by atoms with E-state index in [2.05, 4.69) is 37.3 Å². The van der Waals surface area contributed by atoms with Crippen LogP contribution in [0, 0.1) is 0 Å². The van der Waals surface area contributed by atoms with Crippen LogP contribution in [0.1, 0.15) is 37.6 Å². The SMILES string of the molecule is CC(C)(C)c1c[nH]c2c1CNCC2. The summed E-state index contributed by atoms with van der Waals surface area (Å²) in [7, 11) is 0. The fourth-order valence-electron chi connectivity index (χ4n) is 2.02. The number of hydrogen-bond donors (Lipinski definition) is 2. The summed E-state index contributed by atoms with van der Waals surface area (Å²) >= 11 is 0. The molecule has 0 aromatic carbocycles. The highest BCUT2D eigenvalue weighted by Gasteiger charge is 2.22. The standard InChI is InChI=1S/C11H18N2/c1-11(2,3)9-7-13-10-4-5-12-6-8(9)10/h7,12-13H,4-6H2,1-3H3. The minimum atomic E-state index is 0.267. The van der Waals surface area contributed by atoms with E-state index in [-0.39, 0.29) is 5.41 Å². The fraction of sp³-hybridized carbons (Fsp3) is 0.636. The predicted molar refractivity (Wildman–Crippen MR) is 54.9 cm³/mol. The molecule has 0 amide bonds. The molecule has 1 aliphatic rings. The van der Waals surface area contributed by atoms with Crippen molar-refractivity contribution in [1.82, 2.24) is 10.3 Å². The molecule has 0 aliphatic carbocycles. The Kier molecular flexibility index (Phi) is 1.95. The van der Waals surface area contributed by atoms with Gasteiger partial charge in [0.1, 0.15) is 0 Å². The lowest BCUT2D eigenvalue weighted by atomic mass is 9.85. The van der Waals surface area contributed by atoms with Crippen LogP contribution in [-0.2, 0) is 18.4 Å². The number of aromatic nitrogens is 1. The third kappa shape index (κ3) is 1.51. The zero-order valence-electron chi connectivity index (χ0n) is 8.70. The summed E-state index contributed by atoms with van der Waals surface area (Å²) in [5.41, 5.74) is 4.67. The van der Waals surface area contributed by atoms with E-state index in [0.29, 0.717) is 0 Å². The van der Waals surface area contributed by atoms with Gasteiger partial charge < -0.3 is 10.3 Å². The van der Waals surface area contributed by atoms with Crippen molar-refractivity contribution in [3.63, 3.8) is 0 Å². The van der Waals surface area contributed by atoms with Crippen molar-refractivity contribution >= 4 is 0 Å². The van der Waals surface area contributed by atoms with Crippen LogP contribution < -0.4 is 5.32 Å². The molecule has 2 nitrogen and oxygen atoms in total. The largest absolute Gasteiger partial charge is 0.364 e. The smallest absolute Gasteiger partial charge is 0.0226 e. The predicted octanol–water partition coefficient (Wildman–Crippen LogP) is 1.96. The fourth-order valence-corrected chi connectivity index (χ4v) is 2.02. The Bertz CT molecular complexity index is 304. The molecule has 0 radical (unpaired) electrons. The molecule has 13 heavy (non-hydrogen) atoms. The Balaban J connectivity index is 2.43. The van der Waals surface area contributed by atoms with Gasteiger partial charge in [-0.05, 0) is 16.5 Å². The van der Waals surface area contributed by atoms with Crippen molar-refractivity contribution in [2.24, 2.45) is 0 Å². The van der Waals surface area contributed by atoms with Gasteiger partial charge in [0.2, 0.25) is 0 Å². The lowest BCUT2D eigenvalue weighted by Gasteiger charge is -2.22. The van der Waals surface area contributed by atoms with Crippen molar-refractivity contribution in [3.8, 4) is 0 Å². The second-order valence-electron chi connectivity index (χ2n) is 4.84. The van der Waals surface area contributed by atoms with Gasteiger partial charge in [-0.15, -0.1) is 0 Å². The van der Waals surface area contributed by atoms with Gasteiger partial charge in [0.25, 0.3) is 0 Å². The molecule has 1 aromatic rings. The summed E-state index contributed by atoms with van der Waals surface area (Å²) in [6.07, 6.45) is 3.32.